The summed E-state index contributed by atoms with van der Waals surface area (Å²) in [6.45, 7) is 8.90. The molecule has 3 aliphatic heterocycles. The maximum absolute atomic E-state index is 5.62. The number of pyridine rings is 1. The Bertz CT molecular complexity index is 762. The van der Waals surface area contributed by atoms with Crippen molar-refractivity contribution in [1.82, 2.24) is 14.8 Å². The van der Waals surface area contributed by atoms with E-state index < -0.39 is 0 Å². The minimum absolute atomic E-state index is 0.298. The third-order valence-electron chi connectivity index (χ3n) is 7.14. The zero-order valence-corrected chi connectivity index (χ0v) is 16.7. The van der Waals surface area contributed by atoms with Crippen LogP contribution in [0, 0.1) is 11.8 Å². The van der Waals surface area contributed by atoms with Crippen LogP contribution in [0.2, 0.25) is 0 Å². The van der Waals surface area contributed by atoms with Crippen molar-refractivity contribution in [1.29, 1.82) is 0 Å². The van der Waals surface area contributed by atoms with Gasteiger partial charge >= 0.3 is 0 Å². The van der Waals surface area contributed by atoms with Gasteiger partial charge in [-0.2, -0.15) is 0 Å². The van der Waals surface area contributed by atoms with Gasteiger partial charge in [0, 0.05) is 57.1 Å². The predicted molar refractivity (Wildman–Crippen MR) is 111 cm³/mol. The van der Waals surface area contributed by atoms with Crippen LogP contribution in [0.5, 0.6) is 0 Å². The highest BCUT2D eigenvalue weighted by Crippen LogP contribution is 2.45. The Morgan fingerprint density at radius 3 is 2.75 bits per heavy atom. The van der Waals surface area contributed by atoms with Gasteiger partial charge in [-0.1, -0.05) is 36.4 Å². The lowest BCUT2D eigenvalue weighted by atomic mass is 9.68. The molecule has 28 heavy (non-hydrogen) atoms. The minimum atomic E-state index is 0.298. The van der Waals surface area contributed by atoms with Crippen molar-refractivity contribution in [2.75, 3.05) is 45.9 Å². The lowest BCUT2D eigenvalue weighted by Gasteiger charge is -2.44. The predicted octanol–water partition coefficient (Wildman–Crippen LogP) is 3.19. The van der Waals surface area contributed by atoms with Crippen LogP contribution in [0.15, 0.2) is 54.9 Å². The number of hydrogen-bond donors (Lipinski definition) is 0. The molecule has 1 aromatic heterocycles. The largest absolute Gasteiger partial charge is 0.381 e. The molecule has 0 bridgehead atoms. The van der Waals surface area contributed by atoms with Gasteiger partial charge in [0.25, 0.3) is 0 Å². The molecule has 0 N–H and O–H groups in total. The molecule has 4 heterocycles. The van der Waals surface area contributed by atoms with E-state index >= 15 is 0 Å². The molecule has 3 atom stereocenters. The van der Waals surface area contributed by atoms with Gasteiger partial charge in [0.2, 0.25) is 0 Å². The van der Waals surface area contributed by atoms with Crippen LogP contribution in [-0.2, 0) is 16.7 Å². The van der Waals surface area contributed by atoms with Crippen molar-refractivity contribution in [2.24, 2.45) is 11.8 Å². The molecule has 2 aromatic rings. The third kappa shape index (κ3) is 3.61. The van der Waals surface area contributed by atoms with Crippen molar-refractivity contribution in [3.05, 3.63) is 66.0 Å². The van der Waals surface area contributed by atoms with Crippen LogP contribution in [0.1, 0.15) is 24.0 Å². The molecule has 0 aliphatic carbocycles. The molecular formula is C24H31N3O. The summed E-state index contributed by atoms with van der Waals surface area (Å²) in [7, 11) is 0. The maximum Gasteiger partial charge on any atom is 0.0507 e. The number of fused-ring (bicyclic) bond motifs is 1. The van der Waals surface area contributed by atoms with Gasteiger partial charge in [-0.25, -0.2) is 0 Å². The van der Waals surface area contributed by atoms with Crippen molar-refractivity contribution in [3.63, 3.8) is 0 Å². The molecular weight excluding hydrogens is 346 g/mol. The van der Waals surface area contributed by atoms with Crippen LogP contribution in [0.25, 0.3) is 0 Å². The number of likely N-dealkylation sites (tertiary alicyclic amines) is 2. The topological polar surface area (TPSA) is 28.6 Å². The fourth-order valence-corrected chi connectivity index (χ4v) is 5.73. The molecule has 5 rings (SSSR count). The Morgan fingerprint density at radius 2 is 1.96 bits per heavy atom. The van der Waals surface area contributed by atoms with Gasteiger partial charge in [0.05, 0.1) is 6.61 Å². The molecule has 4 nitrogen and oxygen atoms in total. The molecule has 3 saturated heterocycles. The lowest BCUT2D eigenvalue weighted by Crippen LogP contribution is -2.50. The van der Waals surface area contributed by atoms with Gasteiger partial charge < -0.3 is 9.64 Å². The summed E-state index contributed by atoms with van der Waals surface area (Å²) in [4.78, 5) is 9.70. The molecule has 0 amide bonds. The first-order chi connectivity index (χ1) is 13.8. The van der Waals surface area contributed by atoms with E-state index in [1.807, 2.05) is 12.4 Å². The third-order valence-corrected chi connectivity index (χ3v) is 7.14. The summed E-state index contributed by atoms with van der Waals surface area (Å²) >= 11 is 0. The fraction of sp³-hybridized carbons (Fsp3) is 0.542. The highest BCUT2D eigenvalue weighted by atomic mass is 16.5. The highest BCUT2D eigenvalue weighted by Gasteiger charge is 2.50. The van der Waals surface area contributed by atoms with Crippen molar-refractivity contribution >= 4 is 0 Å². The summed E-state index contributed by atoms with van der Waals surface area (Å²) in [5.74, 6) is 1.43. The SMILES string of the molecule is c1ccc([C@]23CCN(C[C@H]4CCOC4)C[C@@H]2CN(Cc2cccnc2)C3)cc1. The summed E-state index contributed by atoms with van der Waals surface area (Å²) < 4.78 is 5.62. The Labute approximate surface area is 168 Å². The first-order valence-corrected chi connectivity index (χ1v) is 10.8. The molecule has 3 fully saturated rings. The molecule has 148 valence electrons. The number of piperidine rings is 1. The monoisotopic (exact) mass is 377 g/mol. The van der Waals surface area contributed by atoms with Crippen molar-refractivity contribution in [3.8, 4) is 0 Å². The Hall–Kier alpha value is -1.75. The zero-order chi connectivity index (χ0) is 18.8. The Kier molecular flexibility index (Phi) is 5.19. The van der Waals surface area contributed by atoms with Gasteiger partial charge in [-0.15, -0.1) is 0 Å². The number of aromatic nitrogens is 1. The van der Waals surface area contributed by atoms with E-state index in [2.05, 4.69) is 57.2 Å². The zero-order valence-electron chi connectivity index (χ0n) is 16.7. The molecule has 0 unspecified atom stereocenters. The van der Waals surface area contributed by atoms with Crippen LogP contribution < -0.4 is 0 Å². The average Bonchev–Trinajstić information content (AvgIpc) is 3.37. The summed E-state index contributed by atoms with van der Waals surface area (Å²) in [5.41, 5.74) is 3.16. The van der Waals surface area contributed by atoms with E-state index in [0.29, 0.717) is 11.3 Å². The molecule has 3 aliphatic rings. The van der Waals surface area contributed by atoms with Crippen LogP contribution in [-0.4, -0.2) is 60.7 Å². The lowest BCUT2D eigenvalue weighted by molar-refractivity contribution is 0.101. The summed E-state index contributed by atoms with van der Waals surface area (Å²) in [6.07, 6.45) is 6.38. The highest BCUT2D eigenvalue weighted by molar-refractivity contribution is 5.31. The second kappa shape index (κ2) is 7.94. The fourth-order valence-electron chi connectivity index (χ4n) is 5.73. The number of rotatable bonds is 5. The minimum Gasteiger partial charge on any atom is -0.381 e. The van der Waals surface area contributed by atoms with E-state index in [-0.39, 0.29) is 0 Å². The second-order valence-electron chi connectivity index (χ2n) is 8.99. The van der Waals surface area contributed by atoms with Gasteiger partial charge in [0.1, 0.15) is 0 Å². The normalized spacial score (nSPS) is 31.1. The van der Waals surface area contributed by atoms with E-state index in [4.69, 9.17) is 4.74 Å². The summed E-state index contributed by atoms with van der Waals surface area (Å²) in [5, 5.41) is 0. The quantitative estimate of drug-likeness (QED) is 0.800. The Morgan fingerprint density at radius 1 is 1.07 bits per heavy atom. The molecule has 0 spiro atoms. The summed E-state index contributed by atoms with van der Waals surface area (Å²) in [6, 6.07) is 15.6. The van der Waals surface area contributed by atoms with Crippen LogP contribution >= 0.6 is 0 Å². The first kappa shape index (κ1) is 18.3. The number of benzene rings is 1. The van der Waals surface area contributed by atoms with E-state index in [1.54, 1.807) is 0 Å². The van der Waals surface area contributed by atoms with E-state index in [9.17, 15) is 0 Å². The number of hydrogen-bond acceptors (Lipinski definition) is 4. The standard InChI is InChI=1S/C24H31N3O/c1-2-6-22(7-3-1)24-9-11-26(15-21-8-12-28-18-21)16-23(24)17-27(19-24)14-20-5-4-10-25-13-20/h1-7,10,13,21,23H,8-9,11-12,14-19H2/t21-,23-,24-/m1/s1. The van der Waals surface area contributed by atoms with Gasteiger partial charge in [-0.3, -0.25) is 9.88 Å². The molecule has 4 heteroatoms. The first-order valence-electron chi connectivity index (χ1n) is 10.8. The van der Waals surface area contributed by atoms with Crippen molar-refractivity contribution in [2.45, 2.75) is 24.8 Å². The number of ether oxygens (including phenoxy) is 1. The average molecular weight is 378 g/mol. The van der Waals surface area contributed by atoms with Gasteiger partial charge in [-0.05, 0) is 48.4 Å². The molecule has 0 radical (unpaired) electrons. The second-order valence-corrected chi connectivity index (χ2v) is 8.99. The molecule has 1 aromatic carbocycles. The maximum atomic E-state index is 5.62. The van der Waals surface area contributed by atoms with Crippen molar-refractivity contribution < 1.29 is 4.74 Å². The van der Waals surface area contributed by atoms with Crippen LogP contribution in [0.3, 0.4) is 0 Å². The number of nitrogens with zero attached hydrogens (tertiary/aromatic N) is 3. The smallest absolute Gasteiger partial charge is 0.0507 e. The van der Waals surface area contributed by atoms with E-state index in [0.717, 1.165) is 32.2 Å². The Balaban J connectivity index is 1.35. The van der Waals surface area contributed by atoms with Gasteiger partial charge in [0.15, 0.2) is 0 Å². The molecule has 0 saturated carbocycles. The van der Waals surface area contributed by atoms with Crippen LogP contribution in [0.4, 0.5) is 0 Å². The van der Waals surface area contributed by atoms with E-state index in [1.165, 1.54) is 50.1 Å².